The number of nitriles is 1. The van der Waals surface area contributed by atoms with Crippen LogP contribution in [0.4, 0.5) is 0 Å². The molecule has 1 amide bonds. The summed E-state index contributed by atoms with van der Waals surface area (Å²) in [4.78, 5) is 14.7. The number of ether oxygens (including phenoxy) is 1. The molecule has 1 aliphatic carbocycles. The molecule has 1 heterocycles. The number of hydrogen-bond donors (Lipinski definition) is 0. The van der Waals surface area contributed by atoms with Gasteiger partial charge in [0.15, 0.2) is 0 Å². The lowest BCUT2D eigenvalue weighted by Gasteiger charge is -2.37. The average Bonchev–Trinajstić information content (AvgIpc) is 2.94. The molecule has 2 rings (SSSR count). The van der Waals surface area contributed by atoms with E-state index in [-0.39, 0.29) is 5.91 Å². The summed E-state index contributed by atoms with van der Waals surface area (Å²) in [7, 11) is 0. The summed E-state index contributed by atoms with van der Waals surface area (Å²) in [6, 6.07) is 2.64. The highest BCUT2D eigenvalue weighted by Gasteiger charge is 2.44. The van der Waals surface area contributed by atoms with Crippen LogP contribution < -0.4 is 0 Å². The van der Waals surface area contributed by atoms with Gasteiger partial charge in [-0.15, -0.1) is 0 Å². The molecule has 0 atom stereocenters. The van der Waals surface area contributed by atoms with Gasteiger partial charge in [-0.3, -0.25) is 4.79 Å². The van der Waals surface area contributed by atoms with Crippen molar-refractivity contribution in [1.29, 1.82) is 5.26 Å². The van der Waals surface area contributed by atoms with Gasteiger partial charge >= 0.3 is 0 Å². The van der Waals surface area contributed by atoms with Crippen molar-refractivity contribution < 1.29 is 9.53 Å². The fourth-order valence-corrected chi connectivity index (χ4v) is 3.15. The number of hydrogen-bond acceptors (Lipinski definition) is 3. The molecule has 2 fully saturated rings. The van der Waals surface area contributed by atoms with Gasteiger partial charge in [0.2, 0.25) is 5.91 Å². The van der Waals surface area contributed by atoms with Gasteiger partial charge in [-0.05, 0) is 32.6 Å². The summed E-state index contributed by atoms with van der Waals surface area (Å²) < 4.78 is 5.29. The summed E-state index contributed by atoms with van der Waals surface area (Å²) in [5.41, 5.74) is -0.823. The third kappa shape index (κ3) is 2.37. The molecule has 2 aliphatic rings. The maximum atomic E-state index is 12.7. The van der Waals surface area contributed by atoms with Gasteiger partial charge in [0, 0.05) is 25.8 Å². The Bertz CT molecular complexity index is 336. The van der Waals surface area contributed by atoms with Gasteiger partial charge in [0.05, 0.1) is 6.07 Å². The fourth-order valence-electron chi connectivity index (χ4n) is 3.15. The lowest BCUT2D eigenvalue weighted by Crippen LogP contribution is -2.49. The second-order valence-corrected chi connectivity index (χ2v) is 5.34. The Hall–Kier alpha value is -1.08. The first-order valence-corrected chi connectivity index (χ1v) is 7.03. The van der Waals surface area contributed by atoms with Crippen molar-refractivity contribution in [2.24, 2.45) is 5.41 Å². The molecule has 0 N–H and O–H groups in total. The van der Waals surface area contributed by atoms with Crippen LogP contribution in [-0.2, 0) is 9.53 Å². The van der Waals surface area contributed by atoms with E-state index in [2.05, 4.69) is 6.07 Å². The van der Waals surface area contributed by atoms with Crippen molar-refractivity contribution in [2.75, 3.05) is 19.8 Å². The first-order chi connectivity index (χ1) is 8.73. The van der Waals surface area contributed by atoms with Crippen LogP contribution >= 0.6 is 0 Å². The largest absolute Gasteiger partial charge is 0.381 e. The van der Waals surface area contributed by atoms with Crippen LogP contribution in [-0.4, -0.2) is 36.6 Å². The first kappa shape index (κ1) is 13.4. The van der Waals surface area contributed by atoms with Crippen molar-refractivity contribution in [1.82, 2.24) is 4.90 Å². The first-order valence-electron chi connectivity index (χ1n) is 7.03. The van der Waals surface area contributed by atoms with Crippen LogP contribution in [0.1, 0.15) is 45.4 Å². The SMILES string of the molecule is CCN(C(=O)C1(C#N)CCOCC1)C1CCCC1. The van der Waals surface area contributed by atoms with Crippen molar-refractivity contribution in [3.63, 3.8) is 0 Å². The van der Waals surface area contributed by atoms with Crippen LogP contribution in [0.5, 0.6) is 0 Å². The molecule has 100 valence electrons. The van der Waals surface area contributed by atoms with E-state index in [9.17, 15) is 10.1 Å². The molecule has 18 heavy (non-hydrogen) atoms. The molecular formula is C14H22N2O2. The van der Waals surface area contributed by atoms with E-state index in [1.807, 2.05) is 11.8 Å². The maximum absolute atomic E-state index is 12.7. The van der Waals surface area contributed by atoms with Crippen LogP contribution in [0, 0.1) is 16.7 Å². The summed E-state index contributed by atoms with van der Waals surface area (Å²) in [6.07, 6.45) is 5.69. The molecule has 0 aromatic carbocycles. The van der Waals surface area contributed by atoms with Crippen molar-refractivity contribution in [3.05, 3.63) is 0 Å². The monoisotopic (exact) mass is 250 g/mol. The lowest BCUT2D eigenvalue weighted by atomic mass is 9.80. The summed E-state index contributed by atoms with van der Waals surface area (Å²) in [6.45, 7) is 3.79. The molecule has 4 heteroatoms. The van der Waals surface area contributed by atoms with E-state index in [4.69, 9.17) is 4.74 Å². The molecule has 0 bridgehead atoms. The Kier molecular flexibility index (Phi) is 4.23. The van der Waals surface area contributed by atoms with E-state index in [0.29, 0.717) is 38.6 Å². The standard InChI is InChI=1S/C14H22N2O2/c1-2-16(12-5-3-4-6-12)13(17)14(11-15)7-9-18-10-8-14/h12H,2-10H2,1H3. The van der Waals surface area contributed by atoms with Crippen molar-refractivity contribution in [3.8, 4) is 6.07 Å². The van der Waals surface area contributed by atoms with Crippen molar-refractivity contribution in [2.45, 2.75) is 51.5 Å². The molecular weight excluding hydrogens is 228 g/mol. The molecule has 1 saturated carbocycles. The Labute approximate surface area is 109 Å². The number of nitrogens with zero attached hydrogens (tertiary/aromatic N) is 2. The van der Waals surface area contributed by atoms with Crippen LogP contribution in [0.3, 0.4) is 0 Å². The third-order valence-corrected chi connectivity index (χ3v) is 4.34. The summed E-state index contributed by atoms with van der Waals surface area (Å²) >= 11 is 0. The molecule has 0 aromatic heterocycles. The second kappa shape index (κ2) is 5.71. The van der Waals surface area contributed by atoms with E-state index >= 15 is 0 Å². The van der Waals surface area contributed by atoms with Gasteiger partial charge in [0.1, 0.15) is 5.41 Å². The second-order valence-electron chi connectivity index (χ2n) is 5.34. The number of carbonyl (C=O) groups is 1. The molecule has 0 radical (unpaired) electrons. The molecule has 0 unspecified atom stereocenters. The van der Waals surface area contributed by atoms with Gasteiger partial charge in [0.25, 0.3) is 0 Å². The van der Waals surface area contributed by atoms with E-state index in [1.165, 1.54) is 12.8 Å². The maximum Gasteiger partial charge on any atom is 0.243 e. The lowest BCUT2D eigenvalue weighted by molar-refractivity contribution is -0.145. The van der Waals surface area contributed by atoms with E-state index in [0.717, 1.165) is 12.8 Å². The fraction of sp³-hybridized carbons (Fsp3) is 0.857. The van der Waals surface area contributed by atoms with Gasteiger partial charge in [-0.25, -0.2) is 0 Å². The van der Waals surface area contributed by atoms with Crippen LogP contribution in [0.15, 0.2) is 0 Å². The zero-order chi connectivity index (χ0) is 13.0. The van der Waals surface area contributed by atoms with Gasteiger partial charge in [-0.1, -0.05) is 12.8 Å². The van der Waals surface area contributed by atoms with Gasteiger partial charge in [-0.2, -0.15) is 5.26 Å². The van der Waals surface area contributed by atoms with Crippen LogP contribution in [0.25, 0.3) is 0 Å². The Morgan fingerprint density at radius 1 is 1.39 bits per heavy atom. The Balaban J connectivity index is 2.13. The normalized spacial score (nSPS) is 23.6. The molecule has 4 nitrogen and oxygen atoms in total. The van der Waals surface area contributed by atoms with Gasteiger partial charge < -0.3 is 9.64 Å². The predicted molar refractivity (Wildman–Crippen MR) is 67.7 cm³/mol. The molecule has 1 saturated heterocycles. The number of rotatable bonds is 3. The zero-order valence-electron chi connectivity index (χ0n) is 11.2. The summed E-state index contributed by atoms with van der Waals surface area (Å²) in [5.74, 6) is 0.0442. The highest BCUT2D eigenvalue weighted by atomic mass is 16.5. The molecule has 0 aromatic rings. The minimum Gasteiger partial charge on any atom is -0.381 e. The zero-order valence-corrected chi connectivity index (χ0v) is 11.2. The number of carbonyl (C=O) groups excluding carboxylic acids is 1. The molecule has 1 aliphatic heterocycles. The smallest absolute Gasteiger partial charge is 0.243 e. The third-order valence-electron chi connectivity index (χ3n) is 4.34. The topological polar surface area (TPSA) is 53.3 Å². The van der Waals surface area contributed by atoms with Crippen molar-refractivity contribution >= 4 is 5.91 Å². The quantitative estimate of drug-likeness (QED) is 0.770. The Morgan fingerprint density at radius 3 is 2.50 bits per heavy atom. The highest BCUT2D eigenvalue weighted by molar-refractivity contribution is 5.86. The molecule has 0 spiro atoms. The van der Waals surface area contributed by atoms with E-state index < -0.39 is 5.41 Å². The minimum atomic E-state index is -0.823. The highest BCUT2D eigenvalue weighted by Crippen LogP contribution is 2.34. The Morgan fingerprint density at radius 2 is 2.00 bits per heavy atom. The number of amides is 1. The van der Waals surface area contributed by atoms with Crippen LogP contribution in [0.2, 0.25) is 0 Å². The summed E-state index contributed by atoms with van der Waals surface area (Å²) in [5, 5.41) is 9.45. The predicted octanol–water partition coefficient (Wildman–Crippen LogP) is 2.10. The van der Waals surface area contributed by atoms with E-state index in [1.54, 1.807) is 0 Å². The minimum absolute atomic E-state index is 0.0442. The average molecular weight is 250 g/mol.